The molecule has 0 aromatic heterocycles. The summed E-state index contributed by atoms with van der Waals surface area (Å²) in [6.07, 6.45) is 0. The van der Waals surface area contributed by atoms with Gasteiger partial charge in [0.05, 0.1) is 0 Å². The van der Waals surface area contributed by atoms with Crippen molar-refractivity contribution in [3.8, 4) is 0 Å². The molecule has 1 N–H and O–H groups in total. The number of carbonyl (C=O) groups is 1. The maximum absolute atomic E-state index is 11.2. The number of anilines is 1. The Hall–Kier alpha value is -1.51. The van der Waals surface area contributed by atoms with Crippen molar-refractivity contribution in [3.05, 3.63) is 29.3 Å². The third kappa shape index (κ3) is 1.66. The number of carboxylic acid groups (broad SMARTS) is 1. The summed E-state index contributed by atoms with van der Waals surface area (Å²) in [4.78, 5) is 13.2. The molecule has 2 rings (SSSR count). The van der Waals surface area contributed by atoms with Gasteiger partial charge in [-0.3, -0.25) is 4.79 Å². The van der Waals surface area contributed by atoms with Crippen LogP contribution in [-0.2, 0) is 4.79 Å². The number of hydrogen-bond donors (Lipinski definition) is 1. The predicted molar refractivity (Wildman–Crippen MR) is 64.2 cm³/mol. The minimum atomic E-state index is -0.730. The number of aliphatic carboxylic acids is 1. The predicted octanol–water partition coefficient (Wildman–Crippen LogP) is 2.43. The van der Waals surface area contributed by atoms with Crippen LogP contribution in [0.15, 0.2) is 18.2 Å². The molecule has 0 aliphatic carbocycles. The van der Waals surface area contributed by atoms with Gasteiger partial charge in [0, 0.05) is 19.3 Å². The molecule has 0 bridgehead atoms. The van der Waals surface area contributed by atoms with Crippen LogP contribution in [0.2, 0.25) is 0 Å². The molecule has 0 radical (unpaired) electrons. The van der Waals surface area contributed by atoms with E-state index in [1.807, 2.05) is 24.1 Å². The van der Waals surface area contributed by atoms with E-state index in [1.54, 1.807) is 0 Å². The van der Waals surface area contributed by atoms with E-state index in [9.17, 15) is 9.90 Å². The normalized spacial score (nSPS) is 19.0. The largest absolute Gasteiger partial charge is 0.481 e. The molecule has 1 aromatic carbocycles. The maximum Gasteiger partial charge on any atom is 0.312 e. The minimum Gasteiger partial charge on any atom is -0.481 e. The molecule has 1 aliphatic rings. The summed E-state index contributed by atoms with van der Waals surface area (Å²) in [5.41, 5.74) is 3.22. The topological polar surface area (TPSA) is 40.5 Å². The van der Waals surface area contributed by atoms with E-state index < -0.39 is 5.97 Å². The van der Waals surface area contributed by atoms with Gasteiger partial charge in [-0.05, 0) is 23.1 Å². The van der Waals surface area contributed by atoms with Crippen LogP contribution in [0.3, 0.4) is 0 Å². The average Bonchev–Trinajstić information content (AvgIpc) is 2.56. The Labute approximate surface area is 95.7 Å². The molecular weight excluding hydrogens is 202 g/mol. The molecular formula is C13H17NO2. The van der Waals surface area contributed by atoms with Crippen LogP contribution in [-0.4, -0.2) is 24.7 Å². The Morgan fingerprint density at radius 1 is 1.50 bits per heavy atom. The molecule has 3 nitrogen and oxygen atoms in total. The molecule has 0 saturated carbocycles. The van der Waals surface area contributed by atoms with Gasteiger partial charge in [-0.15, -0.1) is 0 Å². The Morgan fingerprint density at radius 2 is 2.19 bits per heavy atom. The summed E-state index contributed by atoms with van der Waals surface area (Å²) in [7, 11) is 1.94. The number of benzene rings is 1. The van der Waals surface area contributed by atoms with E-state index in [2.05, 4.69) is 19.9 Å². The van der Waals surface area contributed by atoms with E-state index in [1.165, 1.54) is 5.56 Å². The molecule has 1 atom stereocenters. The van der Waals surface area contributed by atoms with Crippen molar-refractivity contribution < 1.29 is 9.90 Å². The van der Waals surface area contributed by atoms with Crippen molar-refractivity contribution in [2.75, 3.05) is 18.5 Å². The van der Waals surface area contributed by atoms with Gasteiger partial charge in [-0.2, -0.15) is 0 Å². The average molecular weight is 219 g/mol. The van der Waals surface area contributed by atoms with Crippen LogP contribution in [0, 0.1) is 0 Å². The lowest BCUT2D eigenvalue weighted by Crippen LogP contribution is -2.19. The molecule has 1 aromatic rings. The summed E-state index contributed by atoms with van der Waals surface area (Å²) in [5.74, 6) is -0.671. The lowest BCUT2D eigenvalue weighted by molar-refractivity contribution is -0.138. The van der Waals surface area contributed by atoms with E-state index >= 15 is 0 Å². The van der Waals surface area contributed by atoms with Crippen molar-refractivity contribution >= 4 is 11.7 Å². The zero-order valence-corrected chi connectivity index (χ0v) is 9.90. The molecule has 3 heteroatoms. The van der Waals surface area contributed by atoms with E-state index in [4.69, 9.17) is 0 Å². The standard InChI is InChI=1S/C13H17NO2/c1-8(2)9-4-5-12-10(6-9)11(13(15)16)7-14(12)3/h4-6,8,11H,7H2,1-3H3,(H,15,16). The third-order valence-corrected chi connectivity index (χ3v) is 3.26. The Balaban J connectivity index is 2.47. The van der Waals surface area contributed by atoms with E-state index in [0.29, 0.717) is 12.5 Å². The van der Waals surface area contributed by atoms with Crippen molar-refractivity contribution in [1.82, 2.24) is 0 Å². The number of nitrogens with zero attached hydrogens (tertiary/aromatic N) is 1. The Bertz CT molecular complexity index is 426. The van der Waals surface area contributed by atoms with E-state index in [-0.39, 0.29) is 5.92 Å². The summed E-state index contributed by atoms with van der Waals surface area (Å²) in [6, 6.07) is 6.17. The molecule has 1 aliphatic heterocycles. The molecule has 1 heterocycles. The first kappa shape index (κ1) is 11.0. The second kappa shape index (κ2) is 3.81. The number of carboxylic acids is 1. The first-order chi connectivity index (χ1) is 7.50. The second-order valence-corrected chi connectivity index (χ2v) is 4.74. The molecule has 0 spiro atoms. The van der Waals surface area contributed by atoms with Crippen LogP contribution in [0.1, 0.15) is 36.8 Å². The highest BCUT2D eigenvalue weighted by Crippen LogP contribution is 2.37. The maximum atomic E-state index is 11.2. The summed E-state index contributed by atoms with van der Waals surface area (Å²) in [6.45, 7) is 4.82. The van der Waals surface area contributed by atoms with Gasteiger partial charge in [0.2, 0.25) is 0 Å². The minimum absolute atomic E-state index is 0.376. The van der Waals surface area contributed by atoms with E-state index in [0.717, 1.165) is 11.3 Å². The first-order valence-corrected chi connectivity index (χ1v) is 5.58. The van der Waals surface area contributed by atoms with Gasteiger partial charge in [0.25, 0.3) is 0 Å². The zero-order chi connectivity index (χ0) is 11.9. The monoisotopic (exact) mass is 219 g/mol. The number of likely N-dealkylation sites (N-methyl/N-ethyl adjacent to an activating group) is 1. The fourth-order valence-electron chi connectivity index (χ4n) is 2.24. The van der Waals surface area contributed by atoms with Gasteiger partial charge >= 0.3 is 5.97 Å². The van der Waals surface area contributed by atoms with Crippen LogP contribution in [0.5, 0.6) is 0 Å². The molecule has 0 amide bonds. The van der Waals surface area contributed by atoms with Crippen LogP contribution in [0.25, 0.3) is 0 Å². The first-order valence-electron chi connectivity index (χ1n) is 5.58. The number of fused-ring (bicyclic) bond motifs is 1. The summed E-state index contributed by atoms with van der Waals surface area (Å²) in [5, 5.41) is 9.18. The van der Waals surface area contributed by atoms with Crippen molar-refractivity contribution in [2.45, 2.75) is 25.7 Å². The molecule has 0 fully saturated rings. The quantitative estimate of drug-likeness (QED) is 0.830. The van der Waals surface area contributed by atoms with Gasteiger partial charge in [-0.1, -0.05) is 26.0 Å². The Morgan fingerprint density at radius 3 is 2.75 bits per heavy atom. The fraction of sp³-hybridized carbons (Fsp3) is 0.462. The van der Waals surface area contributed by atoms with Crippen molar-refractivity contribution in [1.29, 1.82) is 0 Å². The lowest BCUT2D eigenvalue weighted by atomic mass is 9.95. The molecule has 16 heavy (non-hydrogen) atoms. The van der Waals surface area contributed by atoms with Crippen LogP contribution >= 0.6 is 0 Å². The zero-order valence-electron chi connectivity index (χ0n) is 9.90. The SMILES string of the molecule is CC(C)c1ccc2c(c1)C(C(=O)O)CN2C. The Kier molecular flexibility index (Phi) is 2.62. The fourth-order valence-corrected chi connectivity index (χ4v) is 2.24. The lowest BCUT2D eigenvalue weighted by Gasteiger charge is -2.12. The molecule has 86 valence electrons. The number of rotatable bonds is 2. The van der Waals surface area contributed by atoms with Crippen molar-refractivity contribution in [3.63, 3.8) is 0 Å². The highest BCUT2D eigenvalue weighted by atomic mass is 16.4. The van der Waals surface area contributed by atoms with Crippen LogP contribution < -0.4 is 4.90 Å². The second-order valence-electron chi connectivity index (χ2n) is 4.74. The van der Waals surface area contributed by atoms with Gasteiger partial charge in [0.15, 0.2) is 0 Å². The molecule has 1 unspecified atom stereocenters. The summed E-state index contributed by atoms with van der Waals surface area (Å²) < 4.78 is 0. The van der Waals surface area contributed by atoms with Gasteiger partial charge < -0.3 is 10.0 Å². The highest BCUT2D eigenvalue weighted by molar-refractivity contribution is 5.83. The smallest absolute Gasteiger partial charge is 0.312 e. The molecule has 0 saturated heterocycles. The van der Waals surface area contributed by atoms with Gasteiger partial charge in [-0.25, -0.2) is 0 Å². The van der Waals surface area contributed by atoms with Gasteiger partial charge in [0.1, 0.15) is 5.92 Å². The third-order valence-electron chi connectivity index (χ3n) is 3.26. The van der Waals surface area contributed by atoms with Crippen LogP contribution in [0.4, 0.5) is 5.69 Å². The highest BCUT2D eigenvalue weighted by Gasteiger charge is 2.31. The van der Waals surface area contributed by atoms with Crippen molar-refractivity contribution in [2.24, 2.45) is 0 Å². The number of hydrogen-bond acceptors (Lipinski definition) is 2. The summed E-state index contributed by atoms with van der Waals surface area (Å²) >= 11 is 0.